The molecule has 4 nitrogen and oxygen atoms in total. The van der Waals surface area contributed by atoms with Gasteiger partial charge < -0.3 is 5.11 Å². The monoisotopic (exact) mass is 210 g/mol. The van der Waals surface area contributed by atoms with Crippen LogP contribution in [0.1, 0.15) is 32.6 Å². The van der Waals surface area contributed by atoms with Gasteiger partial charge in [0.05, 0.1) is 0 Å². The van der Waals surface area contributed by atoms with Crippen molar-refractivity contribution in [3.8, 4) is 0 Å². The highest BCUT2D eigenvalue weighted by Crippen LogP contribution is 2.51. The highest BCUT2D eigenvalue weighted by Gasteiger charge is 2.55. The minimum atomic E-state index is -1.06. The van der Waals surface area contributed by atoms with Gasteiger partial charge in [0.25, 0.3) is 0 Å². The Hall–Kier alpha value is -1.19. The molecule has 4 heteroatoms. The van der Waals surface area contributed by atoms with Gasteiger partial charge in [0, 0.05) is 18.3 Å². The average Bonchev–Trinajstić information content (AvgIpc) is 2.44. The molecule has 2 saturated carbocycles. The molecule has 15 heavy (non-hydrogen) atoms. The SMILES string of the molecule is C[C@]12CCC(=O)C(C(=O)O)C1CCC2=O. The zero-order valence-corrected chi connectivity index (χ0v) is 8.66. The molecular formula is C11H14O4. The van der Waals surface area contributed by atoms with Crippen LogP contribution in [0.2, 0.25) is 0 Å². The molecule has 2 fully saturated rings. The number of hydrogen-bond donors (Lipinski definition) is 1. The Morgan fingerprint density at radius 1 is 1.40 bits per heavy atom. The standard InChI is InChI=1S/C11H14O4/c1-11-5-4-7(12)9(10(14)15)6(11)2-3-8(11)13/h6,9H,2-5H2,1H3,(H,14,15)/t6?,9?,11-/m0/s1. The second kappa shape index (κ2) is 3.15. The van der Waals surface area contributed by atoms with Crippen molar-refractivity contribution in [3.05, 3.63) is 0 Å². The Kier molecular flexibility index (Phi) is 2.17. The lowest BCUT2D eigenvalue weighted by atomic mass is 9.63. The van der Waals surface area contributed by atoms with Crippen LogP contribution < -0.4 is 0 Å². The number of aliphatic carboxylic acids is 1. The van der Waals surface area contributed by atoms with E-state index in [1.54, 1.807) is 0 Å². The van der Waals surface area contributed by atoms with Gasteiger partial charge in [-0.1, -0.05) is 6.92 Å². The first-order valence-electron chi connectivity index (χ1n) is 5.25. The number of ketones is 2. The lowest BCUT2D eigenvalue weighted by Crippen LogP contribution is -2.45. The van der Waals surface area contributed by atoms with E-state index < -0.39 is 17.3 Å². The average molecular weight is 210 g/mol. The van der Waals surface area contributed by atoms with Gasteiger partial charge in [0.2, 0.25) is 0 Å². The molecule has 1 N–H and O–H groups in total. The fraction of sp³-hybridized carbons (Fsp3) is 0.727. The Bertz CT molecular complexity index is 346. The molecule has 0 spiro atoms. The van der Waals surface area contributed by atoms with E-state index in [4.69, 9.17) is 5.11 Å². The maximum Gasteiger partial charge on any atom is 0.314 e. The van der Waals surface area contributed by atoms with Crippen molar-refractivity contribution in [3.63, 3.8) is 0 Å². The molecule has 82 valence electrons. The van der Waals surface area contributed by atoms with E-state index in [9.17, 15) is 14.4 Å². The third kappa shape index (κ3) is 1.31. The lowest BCUT2D eigenvalue weighted by Gasteiger charge is -2.37. The zero-order chi connectivity index (χ0) is 11.2. The second-order valence-electron chi connectivity index (χ2n) is 4.77. The van der Waals surface area contributed by atoms with Crippen LogP contribution in [0.25, 0.3) is 0 Å². The molecule has 2 unspecified atom stereocenters. The normalized spacial score (nSPS) is 40.3. The maximum atomic E-state index is 11.7. The summed E-state index contributed by atoms with van der Waals surface area (Å²) >= 11 is 0. The summed E-state index contributed by atoms with van der Waals surface area (Å²) in [6, 6.07) is 0. The van der Waals surface area contributed by atoms with Gasteiger partial charge in [-0.15, -0.1) is 0 Å². The van der Waals surface area contributed by atoms with E-state index in [1.807, 2.05) is 6.92 Å². The molecule has 2 aliphatic carbocycles. The molecule has 0 amide bonds. The van der Waals surface area contributed by atoms with Crippen LogP contribution in [0.5, 0.6) is 0 Å². The summed E-state index contributed by atoms with van der Waals surface area (Å²) in [5.41, 5.74) is -0.559. The fourth-order valence-corrected chi connectivity index (χ4v) is 3.03. The van der Waals surface area contributed by atoms with Gasteiger partial charge in [-0.25, -0.2) is 0 Å². The Morgan fingerprint density at radius 3 is 2.67 bits per heavy atom. The first-order chi connectivity index (χ1) is 6.97. The molecule has 0 saturated heterocycles. The number of carbonyl (C=O) groups is 3. The number of carboxylic acids is 1. The van der Waals surface area contributed by atoms with E-state index in [1.165, 1.54) is 0 Å². The quantitative estimate of drug-likeness (QED) is 0.656. The highest BCUT2D eigenvalue weighted by atomic mass is 16.4. The van der Waals surface area contributed by atoms with Gasteiger partial charge in [0.15, 0.2) is 0 Å². The number of hydrogen-bond acceptors (Lipinski definition) is 3. The molecule has 2 rings (SSSR count). The van der Waals surface area contributed by atoms with Crippen molar-refractivity contribution >= 4 is 17.5 Å². The van der Waals surface area contributed by atoms with Crippen LogP contribution in [-0.4, -0.2) is 22.6 Å². The second-order valence-corrected chi connectivity index (χ2v) is 4.77. The van der Waals surface area contributed by atoms with Gasteiger partial charge in [-0.05, 0) is 18.8 Å². The Morgan fingerprint density at radius 2 is 2.07 bits per heavy atom. The van der Waals surface area contributed by atoms with Crippen molar-refractivity contribution < 1.29 is 19.5 Å². The minimum absolute atomic E-state index is 0.131. The van der Waals surface area contributed by atoms with Crippen LogP contribution in [0.3, 0.4) is 0 Å². The van der Waals surface area contributed by atoms with E-state index in [0.29, 0.717) is 19.3 Å². The van der Waals surface area contributed by atoms with Gasteiger partial charge in [0.1, 0.15) is 17.5 Å². The summed E-state index contributed by atoms with van der Waals surface area (Å²) in [4.78, 5) is 34.3. The van der Waals surface area contributed by atoms with Gasteiger partial charge >= 0.3 is 5.97 Å². The van der Waals surface area contributed by atoms with E-state index in [0.717, 1.165) is 0 Å². The first kappa shape index (κ1) is 10.3. The third-order valence-electron chi connectivity index (χ3n) is 4.04. The number of carbonyl (C=O) groups excluding carboxylic acids is 2. The van der Waals surface area contributed by atoms with Crippen molar-refractivity contribution in [2.45, 2.75) is 32.6 Å². The Balaban J connectivity index is 2.37. The van der Waals surface area contributed by atoms with E-state index in [2.05, 4.69) is 0 Å². The molecule has 0 radical (unpaired) electrons. The van der Waals surface area contributed by atoms with Crippen LogP contribution in [0.4, 0.5) is 0 Å². The van der Waals surface area contributed by atoms with Crippen molar-refractivity contribution in [1.82, 2.24) is 0 Å². The molecule has 0 aliphatic heterocycles. The van der Waals surface area contributed by atoms with Crippen molar-refractivity contribution in [2.75, 3.05) is 0 Å². The van der Waals surface area contributed by atoms with Crippen molar-refractivity contribution in [2.24, 2.45) is 17.3 Å². The maximum absolute atomic E-state index is 11.7. The van der Waals surface area contributed by atoms with Crippen LogP contribution in [-0.2, 0) is 14.4 Å². The molecule has 0 aromatic heterocycles. The first-order valence-corrected chi connectivity index (χ1v) is 5.25. The van der Waals surface area contributed by atoms with Crippen LogP contribution >= 0.6 is 0 Å². The van der Waals surface area contributed by atoms with Gasteiger partial charge in [-0.3, -0.25) is 14.4 Å². The molecule has 3 atom stereocenters. The predicted octanol–water partition coefficient (Wildman–Crippen LogP) is 1.04. The molecular weight excluding hydrogens is 196 g/mol. The number of rotatable bonds is 1. The van der Waals surface area contributed by atoms with Crippen LogP contribution in [0, 0.1) is 17.3 Å². The van der Waals surface area contributed by atoms with E-state index >= 15 is 0 Å². The van der Waals surface area contributed by atoms with Crippen LogP contribution in [0.15, 0.2) is 0 Å². The smallest absolute Gasteiger partial charge is 0.314 e. The van der Waals surface area contributed by atoms with Crippen molar-refractivity contribution in [1.29, 1.82) is 0 Å². The molecule has 0 heterocycles. The third-order valence-corrected chi connectivity index (χ3v) is 4.04. The van der Waals surface area contributed by atoms with Gasteiger partial charge in [-0.2, -0.15) is 0 Å². The topological polar surface area (TPSA) is 71.4 Å². The number of Topliss-reactive ketones (excluding diaryl/α,β-unsaturated/α-hetero) is 2. The molecule has 2 aliphatic rings. The largest absolute Gasteiger partial charge is 0.481 e. The molecule has 0 aromatic rings. The summed E-state index contributed by atoms with van der Waals surface area (Å²) in [5.74, 6) is -2.37. The zero-order valence-electron chi connectivity index (χ0n) is 8.66. The summed E-state index contributed by atoms with van der Waals surface area (Å²) in [6.45, 7) is 1.81. The molecule has 0 bridgehead atoms. The summed E-state index contributed by atoms with van der Waals surface area (Å²) in [5, 5.41) is 9.02. The van der Waals surface area contributed by atoms with E-state index in [-0.39, 0.29) is 23.9 Å². The summed E-state index contributed by atoms with van der Waals surface area (Å²) < 4.78 is 0. The number of fused-ring (bicyclic) bond motifs is 1. The lowest BCUT2D eigenvalue weighted by molar-refractivity contribution is -0.154. The summed E-state index contributed by atoms with van der Waals surface area (Å²) in [7, 11) is 0. The fourth-order valence-electron chi connectivity index (χ4n) is 3.03. The highest BCUT2D eigenvalue weighted by molar-refractivity contribution is 6.02. The number of carboxylic acid groups (broad SMARTS) is 1. The minimum Gasteiger partial charge on any atom is -0.481 e. The summed E-state index contributed by atoms with van der Waals surface area (Å²) in [6.07, 6.45) is 1.74. The molecule has 0 aromatic carbocycles. The Labute approximate surface area is 87.7 Å². The predicted molar refractivity (Wildman–Crippen MR) is 51.2 cm³/mol.